The molecule has 3 rings (SSSR count). The lowest BCUT2D eigenvalue weighted by Crippen LogP contribution is -2.49. The molecule has 124 valence electrons. The van der Waals surface area contributed by atoms with E-state index < -0.39 is 6.23 Å². The number of carbonyl (C=O) groups is 2. The first-order valence-electron chi connectivity index (χ1n) is 7.45. The molecule has 2 aliphatic heterocycles. The second kappa shape index (κ2) is 6.63. The average molecular weight is 321 g/mol. The van der Waals surface area contributed by atoms with Crippen molar-refractivity contribution in [2.45, 2.75) is 19.1 Å². The maximum Gasteiger partial charge on any atom is 0.263 e. The Morgan fingerprint density at radius 2 is 2.09 bits per heavy atom. The van der Waals surface area contributed by atoms with Crippen molar-refractivity contribution in [2.75, 3.05) is 32.6 Å². The molecule has 0 aromatic heterocycles. The normalized spacial score (nSPS) is 21.8. The SMILES string of the molecule is COCCCN1OCCC(N2C(=O)c3ccc(N)cc3C2=O)O1. The molecule has 2 aliphatic rings. The lowest BCUT2D eigenvalue weighted by Gasteiger charge is -2.35. The second-order valence-electron chi connectivity index (χ2n) is 5.37. The molecule has 1 fully saturated rings. The standard InChI is InChI=1S/C15H19N3O5/c1-21-7-2-6-17-22-8-5-13(23-17)18-14(19)11-4-3-10(16)9-12(11)15(18)20/h3-4,9,13H,2,5-8,16H2,1H3. The molecule has 1 saturated heterocycles. The van der Waals surface area contributed by atoms with Crippen molar-refractivity contribution in [1.29, 1.82) is 0 Å². The summed E-state index contributed by atoms with van der Waals surface area (Å²) in [6.45, 7) is 1.42. The summed E-state index contributed by atoms with van der Waals surface area (Å²) < 4.78 is 4.98. The zero-order chi connectivity index (χ0) is 16.4. The van der Waals surface area contributed by atoms with Crippen LogP contribution in [0.4, 0.5) is 5.69 Å². The van der Waals surface area contributed by atoms with Crippen molar-refractivity contribution in [1.82, 2.24) is 10.1 Å². The summed E-state index contributed by atoms with van der Waals surface area (Å²) in [5.41, 5.74) is 6.81. The zero-order valence-corrected chi connectivity index (χ0v) is 12.9. The minimum absolute atomic E-state index is 0.316. The lowest BCUT2D eigenvalue weighted by molar-refractivity contribution is -0.424. The summed E-state index contributed by atoms with van der Waals surface area (Å²) in [5, 5.41) is 1.31. The molecule has 0 saturated carbocycles. The van der Waals surface area contributed by atoms with Gasteiger partial charge in [0.1, 0.15) is 0 Å². The van der Waals surface area contributed by atoms with Gasteiger partial charge in [0.15, 0.2) is 6.23 Å². The molecule has 1 atom stereocenters. The van der Waals surface area contributed by atoms with E-state index in [1.165, 1.54) is 11.3 Å². The van der Waals surface area contributed by atoms with Gasteiger partial charge in [-0.3, -0.25) is 14.4 Å². The van der Waals surface area contributed by atoms with Crippen molar-refractivity contribution in [3.05, 3.63) is 29.3 Å². The van der Waals surface area contributed by atoms with Crippen molar-refractivity contribution in [2.24, 2.45) is 0 Å². The number of hydroxylamine groups is 2. The molecule has 8 nitrogen and oxygen atoms in total. The van der Waals surface area contributed by atoms with Gasteiger partial charge in [0.25, 0.3) is 11.8 Å². The lowest BCUT2D eigenvalue weighted by atomic mass is 10.1. The first-order chi connectivity index (χ1) is 11.1. The Hall–Kier alpha value is -2.00. The van der Waals surface area contributed by atoms with Gasteiger partial charge in [0.2, 0.25) is 0 Å². The predicted molar refractivity (Wildman–Crippen MR) is 80.0 cm³/mol. The Bertz CT molecular complexity index is 621. The third-order valence-corrected chi connectivity index (χ3v) is 3.76. The van der Waals surface area contributed by atoms with Crippen LogP contribution < -0.4 is 5.73 Å². The number of amides is 2. The Morgan fingerprint density at radius 1 is 1.30 bits per heavy atom. The topological polar surface area (TPSA) is 94.3 Å². The quantitative estimate of drug-likeness (QED) is 0.487. The highest BCUT2D eigenvalue weighted by Gasteiger charge is 2.42. The van der Waals surface area contributed by atoms with E-state index in [2.05, 4.69) is 0 Å². The van der Waals surface area contributed by atoms with Gasteiger partial charge < -0.3 is 10.5 Å². The minimum Gasteiger partial charge on any atom is -0.399 e. The second-order valence-corrected chi connectivity index (χ2v) is 5.37. The number of methoxy groups -OCH3 is 1. The molecule has 1 aromatic rings. The van der Waals surface area contributed by atoms with E-state index in [0.717, 1.165) is 4.90 Å². The van der Waals surface area contributed by atoms with Crippen LogP contribution in [-0.4, -0.2) is 55.0 Å². The van der Waals surface area contributed by atoms with Crippen LogP contribution in [0.5, 0.6) is 0 Å². The Labute approximate surface area is 133 Å². The summed E-state index contributed by atoms with van der Waals surface area (Å²) in [6.07, 6.45) is 0.448. The van der Waals surface area contributed by atoms with Gasteiger partial charge in [-0.05, 0) is 24.6 Å². The van der Waals surface area contributed by atoms with E-state index in [4.69, 9.17) is 20.1 Å². The van der Waals surface area contributed by atoms with Crippen molar-refractivity contribution in [3.63, 3.8) is 0 Å². The molecule has 0 radical (unpaired) electrons. The summed E-state index contributed by atoms with van der Waals surface area (Å²) in [7, 11) is 1.62. The number of anilines is 1. The zero-order valence-electron chi connectivity index (χ0n) is 12.9. The fourth-order valence-corrected chi connectivity index (χ4v) is 2.64. The van der Waals surface area contributed by atoms with Crippen molar-refractivity contribution in [3.8, 4) is 0 Å². The highest BCUT2D eigenvalue weighted by atomic mass is 17.0. The van der Waals surface area contributed by atoms with Gasteiger partial charge in [-0.25, -0.2) is 9.74 Å². The van der Waals surface area contributed by atoms with Gasteiger partial charge in [-0.15, -0.1) is 0 Å². The number of nitrogen functional groups attached to an aromatic ring is 1. The van der Waals surface area contributed by atoms with E-state index >= 15 is 0 Å². The monoisotopic (exact) mass is 321 g/mol. The van der Waals surface area contributed by atoms with Crippen LogP contribution >= 0.6 is 0 Å². The van der Waals surface area contributed by atoms with E-state index in [1.807, 2.05) is 0 Å². The number of rotatable bonds is 5. The Morgan fingerprint density at radius 3 is 2.87 bits per heavy atom. The molecule has 0 aliphatic carbocycles. The molecular formula is C15H19N3O5. The van der Waals surface area contributed by atoms with Gasteiger partial charge >= 0.3 is 0 Å². The fraction of sp³-hybridized carbons (Fsp3) is 0.467. The van der Waals surface area contributed by atoms with Gasteiger partial charge in [-0.2, -0.15) is 0 Å². The van der Waals surface area contributed by atoms with Gasteiger partial charge in [-0.1, -0.05) is 5.23 Å². The van der Waals surface area contributed by atoms with Crippen molar-refractivity contribution < 1.29 is 24.0 Å². The number of fused-ring (bicyclic) bond motifs is 1. The molecule has 0 spiro atoms. The van der Waals surface area contributed by atoms with E-state index in [9.17, 15) is 9.59 Å². The summed E-state index contributed by atoms with van der Waals surface area (Å²) >= 11 is 0. The number of hydrogen-bond donors (Lipinski definition) is 1. The average Bonchev–Trinajstić information content (AvgIpc) is 2.79. The van der Waals surface area contributed by atoms with Crippen LogP contribution in [0.15, 0.2) is 18.2 Å². The molecule has 2 amide bonds. The maximum atomic E-state index is 12.5. The summed E-state index contributed by atoms with van der Waals surface area (Å²) in [4.78, 5) is 37.1. The number of benzene rings is 1. The molecule has 1 unspecified atom stereocenters. The van der Waals surface area contributed by atoms with E-state index in [0.29, 0.717) is 49.4 Å². The summed E-state index contributed by atoms with van der Waals surface area (Å²) in [6, 6.07) is 4.70. The highest BCUT2D eigenvalue weighted by molar-refractivity contribution is 6.21. The van der Waals surface area contributed by atoms with Crippen LogP contribution in [0, 0.1) is 0 Å². The summed E-state index contributed by atoms with van der Waals surface area (Å²) in [5.74, 6) is -0.755. The smallest absolute Gasteiger partial charge is 0.263 e. The third-order valence-electron chi connectivity index (χ3n) is 3.76. The first kappa shape index (κ1) is 15.9. The Balaban J connectivity index is 1.72. The van der Waals surface area contributed by atoms with Crippen LogP contribution in [-0.2, 0) is 14.4 Å². The number of nitrogens with two attached hydrogens (primary N) is 1. The minimum atomic E-state index is -0.681. The predicted octanol–water partition coefficient (Wildman–Crippen LogP) is 0.796. The number of nitrogens with zero attached hydrogens (tertiary/aromatic N) is 2. The molecular weight excluding hydrogens is 302 g/mol. The highest BCUT2D eigenvalue weighted by Crippen LogP contribution is 2.29. The third kappa shape index (κ3) is 3.06. The number of ether oxygens (including phenoxy) is 1. The van der Waals surface area contributed by atoms with Gasteiger partial charge in [0.05, 0.1) is 24.3 Å². The number of carbonyl (C=O) groups excluding carboxylic acids is 2. The molecule has 23 heavy (non-hydrogen) atoms. The Kier molecular flexibility index (Phi) is 4.58. The van der Waals surface area contributed by atoms with Crippen molar-refractivity contribution >= 4 is 17.5 Å². The maximum absolute atomic E-state index is 12.5. The first-order valence-corrected chi connectivity index (χ1v) is 7.45. The van der Waals surface area contributed by atoms with Crippen LogP contribution in [0.2, 0.25) is 0 Å². The largest absolute Gasteiger partial charge is 0.399 e. The molecule has 1 aromatic carbocycles. The van der Waals surface area contributed by atoms with Crippen LogP contribution in [0.3, 0.4) is 0 Å². The van der Waals surface area contributed by atoms with Crippen LogP contribution in [0.1, 0.15) is 33.6 Å². The van der Waals surface area contributed by atoms with Crippen LogP contribution in [0.25, 0.3) is 0 Å². The molecule has 2 N–H and O–H groups in total. The fourth-order valence-electron chi connectivity index (χ4n) is 2.64. The molecule has 2 heterocycles. The number of imide groups is 1. The van der Waals surface area contributed by atoms with E-state index in [1.54, 1.807) is 19.2 Å². The van der Waals surface area contributed by atoms with E-state index in [-0.39, 0.29) is 11.8 Å². The molecule has 0 bridgehead atoms. The number of hydrogen-bond acceptors (Lipinski definition) is 7. The van der Waals surface area contributed by atoms with Gasteiger partial charge in [0, 0.05) is 25.8 Å². The molecule has 8 heteroatoms.